The minimum atomic E-state index is -4.25. The molecule has 2 heterocycles. The van der Waals surface area contributed by atoms with E-state index in [-0.39, 0.29) is 0 Å². The minimum Gasteiger partial charge on any atom is -0.354 e. The number of alkyl halides is 3. The Morgan fingerprint density at radius 3 is 3.06 bits per heavy atom. The van der Waals surface area contributed by atoms with Crippen LogP contribution in [0.4, 0.5) is 13.2 Å². The van der Waals surface area contributed by atoms with Crippen LogP contribution in [0.15, 0.2) is 6.33 Å². The topological polar surface area (TPSA) is 69.8 Å². The van der Waals surface area contributed by atoms with Gasteiger partial charge in [-0.3, -0.25) is 10.1 Å². The predicted octanol–water partition coefficient (Wildman–Crippen LogP) is 0.493. The molecular formula is C10H13F3N4O. The van der Waals surface area contributed by atoms with Gasteiger partial charge in [-0.1, -0.05) is 0 Å². The largest absolute Gasteiger partial charge is 0.390 e. The molecule has 0 aliphatic carbocycles. The van der Waals surface area contributed by atoms with Crippen LogP contribution in [0.2, 0.25) is 0 Å². The first-order valence-electron chi connectivity index (χ1n) is 5.54. The Morgan fingerprint density at radius 1 is 1.56 bits per heavy atom. The number of halogens is 3. The molecule has 0 bridgehead atoms. The molecule has 1 unspecified atom stereocenters. The normalized spacial score (nSPS) is 19.4. The van der Waals surface area contributed by atoms with Crippen LogP contribution in [-0.2, 0) is 17.8 Å². The van der Waals surface area contributed by atoms with E-state index >= 15 is 0 Å². The Kier molecular flexibility index (Phi) is 3.55. The van der Waals surface area contributed by atoms with Crippen LogP contribution in [0.3, 0.4) is 0 Å². The number of H-pyrrole nitrogens is 1. The number of aromatic amines is 1. The van der Waals surface area contributed by atoms with E-state index < -0.39 is 31.1 Å². The van der Waals surface area contributed by atoms with Crippen molar-refractivity contribution in [2.45, 2.75) is 31.6 Å². The molecule has 1 aliphatic heterocycles. The fraction of sp³-hybridized carbons (Fsp3) is 0.600. The van der Waals surface area contributed by atoms with Gasteiger partial charge in [-0.05, 0) is 0 Å². The number of nitrogens with zero attached hydrogens (tertiary/aromatic N) is 1. The Balaban J connectivity index is 1.81. The number of hydrogen-bond acceptors (Lipinski definition) is 3. The molecule has 1 aliphatic rings. The van der Waals surface area contributed by atoms with E-state index in [0.717, 1.165) is 11.4 Å². The lowest BCUT2D eigenvalue weighted by Gasteiger charge is -2.22. The van der Waals surface area contributed by atoms with Gasteiger partial charge in [-0.15, -0.1) is 0 Å². The third-order valence-corrected chi connectivity index (χ3v) is 2.75. The molecule has 1 amide bonds. The fourth-order valence-corrected chi connectivity index (χ4v) is 1.81. The lowest BCUT2D eigenvalue weighted by molar-refractivity contribution is -0.136. The van der Waals surface area contributed by atoms with Crippen molar-refractivity contribution in [1.29, 1.82) is 0 Å². The standard InChI is InChI=1S/C10H13F3N4O/c11-10(12,13)1-2-14-9(18)7-3-6-8(4-15-7)17-5-16-6/h5,7,15H,1-4H2,(H,14,18)(H,16,17). The third-order valence-electron chi connectivity index (χ3n) is 2.75. The molecule has 1 atom stereocenters. The van der Waals surface area contributed by atoms with Gasteiger partial charge in [-0.25, -0.2) is 4.98 Å². The first-order chi connectivity index (χ1) is 8.46. The molecule has 0 spiro atoms. The summed E-state index contributed by atoms with van der Waals surface area (Å²) in [5.74, 6) is -0.423. The van der Waals surface area contributed by atoms with E-state index in [1.165, 1.54) is 6.33 Å². The second-order valence-corrected chi connectivity index (χ2v) is 4.12. The third kappa shape index (κ3) is 3.22. The summed E-state index contributed by atoms with van der Waals surface area (Å²) < 4.78 is 35.8. The Bertz CT molecular complexity index is 429. The molecule has 0 saturated carbocycles. The first kappa shape index (κ1) is 12.9. The van der Waals surface area contributed by atoms with E-state index in [1.807, 2.05) is 0 Å². The highest BCUT2D eigenvalue weighted by molar-refractivity contribution is 5.82. The molecule has 8 heteroatoms. The smallest absolute Gasteiger partial charge is 0.354 e. The van der Waals surface area contributed by atoms with Gasteiger partial charge >= 0.3 is 6.18 Å². The second kappa shape index (κ2) is 4.97. The number of fused-ring (bicyclic) bond motifs is 1. The number of carbonyl (C=O) groups is 1. The van der Waals surface area contributed by atoms with Crippen molar-refractivity contribution >= 4 is 5.91 Å². The van der Waals surface area contributed by atoms with Crippen molar-refractivity contribution in [2.75, 3.05) is 6.54 Å². The molecule has 2 rings (SSSR count). The Morgan fingerprint density at radius 2 is 2.33 bits per heavy atom. The zero-order valence-electron chi connectivity index (χ0n) is 9.47. The number of aromatic nitrogens is 2. The van der Waals surface area contributed by atoms with E-state index in [9.17, 15) is 18.0 Å². The highest BCUT2D eigenvalue weighted by Gasteiger charge is 2.29. The molecule has 3 N–H and O–H groups in total. The molecule has 0 radical (unpaired) electrons. The van der Waals surface area contributed by atoms with Crippen molar-refractivity contribution in [1.82, 2.24) is 20.6 Å². The van der Waals surface area contributed by atoms with Crippen molar-refractivity contribution in [3.63, 3.8) is 0 Å². The molecule has 5 nitrogen and oxygen atoms in total. The van der Waals surface area contributed by atoms with Crippen molar-refractivity contribution in [3.05, 3.63) is 17.7 Å². The SMILES string of the molecule is O=C(NCCC(F)(F)F)C1Cc2nc[nH]c2CN1. The van der Waals surface area contributed by atoms with Gasteiger partial charge in [-0.2, -0.15) is 13.2 Å². The van der Waals surface area contributed by atoms with Crippen LogP contribution in [0.1, 0.15) is 17.8 Å². The van der Waals surface area contributed by atoms with Gasteiger partial charge < -0.3 is 10.3 Å². The van der Waals surface area contributed by atoms with Gasteiger partial charge in [0.2, 0.25) is 5.91 Å². The second-order valence-electron chi connectivity index (χ2n) is 4.12. The number of rotatable bonds is 3. The number of hydrogen-bond donors (Lipinski definition) is 3. The number of nitrogens with one attached hydrogen (secondary N) is 3. The molecule has 18 heavy (non-hydrogen) atoms. The van der Waals surface area contributed by atoms with Gasteiger partial charge in [0.25, 0.3) is 0 Å². The average Bonchev–Trinajstić information content (AvgIpc) is 2.73. The number of amides is 1. The summed E-state index contributed by atoms with van der Waals surface area (Å²) in [6.07, 6.45) is -3.34. The maximum Gasteiger partial charge on any atom is 0.390 e. The number of carbonyl (C=O) groups excluding carboxylic acids is 1. The highest BCUT2D eigenvalue weighted by Crippen LogP contribution is 2.18. The Labute approximate surface area is 101 Å². The van der Waals surface area contributed by atoms with E-state index in [2.05, 4.69) is 20.6 Å². The van der Waals surface area contributed by atoms with Crippen LogP contribution >= 0.6 is 0 Å². The van der Waals surface area contributed by atoms with Gasteiger partial charge in [0.1, 0.15) is 0 Å². The quantitative estimate of drug-likeness (QED) is 0.742. The van der Waals surface area contributed by atoms with Crippen molar-refractivity contribution < 1.29 is 18.0 Å². The Hall–Kier alpha value is -1.57. The maximum absolute atomic E-state index is 11.9. The molecule has 1 aromatic heterocycles. The summed E-state index contributed by atoms with van der Waals surface area (Å²) in [7, 11) is 0. The lowest BCUT2D eigenvalue weighted by Crippen LogP contribution is -2.48. The molecule has 1 aromatic rings. The first-order valence-corrected chi connectivity index (χ1v) is 5.54. The van der Waals surface area contributed by atoms with E-state index in [0.29, 0.717) is 13.0 Å². The van der Waals surface area contributed by atoms with Crippen molar-refractivity contribution in [3.8, 4) is 0 Å². The maximum atomic E-state index is 11.9. The molecule has 0 saturated heterocycles. The van der Waals surface area contributed by atoms with Crippen LogP contribution in [0.5, 0.6) is 0 Å². The summed E-state index contributed by atoms with van der Waals surface area (Å²) >= 11 is 0. The summed E-state index contributed by atoms with van der Waals surface area (Å²) in [4.78, 5) is 18.6. The van der Waals surface area contributed by atoms with E-state index in [4.69, 9.17) is 0 Å². The van der Waals surface area contributed by atoms with Gasteiger partial charge in [0.15, 0.2) is 0 Å². The lowest BCUT2D eigenvalue weighted by atomic mass is 10.0. The monoisotopic (exact) mass is 262 g/mol. The minimum absolute atomic E-state index is 0.386. The van der Waals surface area contributed by atoms with Crippen LogP contribution in [0, 0.1) is 0 Å². The fourth-order valence-electron chi connectivity index (χ4n) is 1.81. The summed E-state index contributed by atoms with van der Waals surface area (Å²) in [6, 6.07) is -0.519. The van der Waals surface area contributed by atoms with Crippen molar-refractivity contribution in [2.24, 2.45) is 0 Å². The number of imidazole rings is 1. The van der Waals surface area contributed by atoms with Gasteiger partial charge in [0, 0.05) is 19.5 Å². The highest BCUT2D eigenvalue weighted by atomic mass is 19.4. The summed E-state index contributed by atoms with van der Waals surface area (Å²) in [5.41, 5.74) is 1.69. The summed E-state index contributed by atoms with van der Waals surface area (Å²) in [6.45, 7) is 0.0701. The van der Waals surface area contributed by atoms with Crippen LogP contribution in [0.25, 0.3) is 0 Å². The average molecular weight is 262 g/mol. The molecule has 0 aromatic carbocycles. The molecule has 0 fully saturated rings. The van der Waals surface area contributed by atoms with Crippen LogP contribution < -0.4 is 10.6 Å². The summed E-state index contributed by atoms with van der Waals surface area (Å²) in [5, 5.41) is 5.22. The van der Waals surface area contributed by atoms with Gasteiger partial charge in [0.05, 0.1) is 30.2 Å². The van der Waals surface area contributed by atoms with E-state index in [1.54, 1.807) is 0 Å². The molecule has 100 valence electrons. The predicted molar refractivity (Wildman–Crippen MR) is 56.6 cm³/mol. The van der Waals surface area contributed by atoms with Crippen LogP contribution in [-0.4, -0.2) is 34.6 Å². The zero-order chi connectivity index (χ0) is 13.2. The molecular weight excluding hydrogens is 249 g/mol. The zero-order valence-corrected chi connectivity index (χ0v) is 9.47.